The number of aliphatic hydroxyl groups is 1. The molecule has 1 aliphatic rings. The fourth-order valence-electron chi connectivity index (χ4n) is 2.12. The maximum Gasteiger partial charge on any atom is 0.214 e. The third-order valence-corrected chi connectivity index (χ3v) is 5.16. The first kappa shape index (κ1) is 16.2. The van der Waals surface area contributed by atoms with Crippen LogP contribution in [-0.4, -0.2) is 62.1 Å². The first-order valence-electron chi connectivity index (χ1n) is 6.91. The highest BCUT2D eigenvalue weighted by Crippen LogP contribution is 2.18. The van der Waals surface area contributed by atoms with Crippen molar-refractivity contribution in [2.75, 3.05) is 38.7 Å². The van der Waals surface area contributed by atoms with E-state index in [1.54, 1.807) is 19.1 Å². The minimum atomic E-state index is -3.36. The van der Waals surface area contributed by atoms with Crippen molar-refractivity contribution in [3.63, 3.8) is 0 Å². The van der Waals surface area contributed by atoms with Crippen LogP contribution in [0.2, 0.25) is 0 Å². The van der Waals surface area contributed by atoms with Crippen molar-refractivity contribution in [2.45, 2.75) is 12.5 Å². The number of β-amino-alcohol motifs (C(OH)–C–C–N with tert-alkyl or cyclic N) is 1. The van der Waals surface area contributed by atoms with Crippen molar-refractivity contribution in [3.8, 4) is 5.75 Å². The minimum Gasteiger partial charge on any atom is -0.490 e. The lowest BCUT2D eigenvalue weighted by molar-refractivity contribution is -0.0594. The zero-order valence-corrected chi connectivity index (χ0v) is 12.9. The van der Waals surface area contributed by atoms with Crippen LogP contribution < -0.4 is 4.74 Å². The van der Waals surface area contributed by atoms with Gasteiger partial charge in [0.05, 0.1) is 19.0 Å². The van der Waals surface area contributed by atoms with Crippen molar-refractivity contribution in [3.05, 3.63) is 30.3 Å². The summed E-state index contributed by atoms with van der Waals surface area (Å²) in [6.45, 7) is 2.12. The second-order valence-corrected chi connectivity index (χ2v) is 7.37. The zero-order chi connectivity index (χ0) is 15.3. The summed E-state index contributed by atoms with van der Waals surface area (Å²) in [5.41, 5.74) is -1.35. The molecule has 1 fully saturated rings. The van der Waals surface area contributed by atoms with Gasteiger partial charge in [0.25, 0.3) is 0 Å². The van der Waals surface area contributed by atoms with E-state index >= 15 is 0 Å². The number of hydrogen-bond donors (Lipinski definition) is 1. The van der Waals surface area contributed by atoms with E-state index in [-0.39, 0.29) is 38.7 Å². The summed E-state index contributed by atoms with van der Waals surface area (Å²) < 4.78 is 36.1. The number of para-hydroxylation sites is 1. The highest BCUT2D eigenvalue weighted by Gasteiger charge is 2.37. The van der Waals surface area contributed by atoms with E-state index in [4.69, 9.17) is 9.47 Å². The predicted octanol–water partition coefficient (Wildman–Crippen LogP) is 0.478. The summed E-state index contributed by atoms with van der Waals surface area (Å²) in [5, 5.41) is 10.6. The molecule has 0 aromatic heterocycles. The normalized spacial score (nSPS) is 24.5. The molecule has 1 heterocycles. The Morgan fingerprint density at radius 1 is 1.38 bits per heavy atom. The maximum atomic E-state index is 12.0. The maximum absolute atomic E-state index is 12.0. The molecule has 21 heavy (non-hydrogen) atoms. The molecule has 2 rings (SSSR count). The largest absolute Gasteiger partial charge is 0.490 e. The second-order valence-electron chi connectivity index (χ2n) is 5.11. The molecule has 1 aromatic carbocycles. The van der Waals surface area contributed by atoms with Crippen molar-refractivity contribution < 1.29 is 23.0 Å². The molecule has 0 radical (unpaired) electrons. The summed E-state index contributed by atoms with van der Waals surface area (Å²) >= 11 is 0. The standard InChI is InChI=1S/C14H21NO5S/c1-2-21(17,18)15-8-9-19-11-14(16,10-15)12-20-13-6-4-3-5-7-13/h3-7,16H,2,8-12H2,1H3/t14-/m0/s1. The van der Waals surface area contributed by atoms with E-state index < -0.39 is 15.6 Å². The van der Waals surface area contributed by atoms with Crippen LogP contribution in [-0.2, 0) is 14.8 Å². The first-order chi connectivity index (χ1) is 9.95. The molecule has 0 bridgehead atoms. The van der Waals surface area contributed by atoms with E-state index in [1.807, 2.05) is 18.2 Å². The Hall–Kier alpha value is -1.15. The fraction of sp³-hybridized carbons (Fsp3) is 0.571. The van der Waals surface area contributed by atoms with Gasteiger partial charge in [0, 0.05) is 13.1 Å². The third-order valence-electron chi connectivity index (χ3n) is 3.34. The summed E-state index contributed by atoms with van der Waals surface area (Å²) in [4.78, 5) is 0. The SMILES string of the molecule is CCS(=O)(=O)N1CCOC[C@](O)(COc2ccccc2)C1. The van der Waals surface area contributed by atoms with Crippen LogP contribution >= 0.6 is 0 Å². The highest BCUT2D eigenvalue weighted by atomic mass is 32.2. The molecule has 0 saturated carbocycles. The Labute approximate surface area is 125 Å². The van der Waals surface area contributed by atoms with Crippen LogP contribution in [0.3, 0.4) is 0 Å². The smallest absolute Gasteiger partial charge is 0.214 e. The molecule has 7 heteroatoms. The summed E-state index contributed by atoms with van der Waals surface area (Å²) in [5.74, 6) is 0.628. The first-order valence-corrected chi connectivity index (χ1v) is 8.52. The molecule has 1 N–H and O–H groups in total. The van der Waals surface area contributed by atoms with E-state index in [0.29, 0.717) is 5.75 Å². The summed E-state index contributed by atoms with van der Waals surface area (Å²) in [7, 11) is -3.36. The van der Waals surface area contributed by atoms with Crippen molar-refractivity contribution in [2.24, 2.45) is 0 Å². The van der Waals surface area contributed by atoms with E-state index in [9.17, 15) is 13.5 Å². The molecule has 1 saturated heterocycles. The highest BCUT2D eigenvalue weighted by molar-refractivity contribution is 7.89. The molecule has 1 aliphatic heterocycles. The van der Waals surface area contributed by atoms with Gasteiger partial charge in [-0.2, -0.15) is 4.31 Å². The van der Waals surface area contributed by atoms with Gasteiger partial charge < -0.3 is 14.6 Å². The van der Waals surface area contributed by atoms with Gasteiger partial charge in [-0.15, -0.1) is 0 Å². The van der Waals surface area contributed by atoms with Gasteiger partial charge in [0.2, 0.25) is 10.0 Å². The molecular weight excluding hydrogens is 294 g/mol. The topological polar surface area (TPSA) is 76.1 Å². The number of hydrogen-bond acceptors (Lipinski definition) is 5. The summed E-state index contributed by atoms with van der Waals surface area (Å²) in [6, 6.07) is 9.09. The van der Waals surface area contributed by atoms with E-state index in [2.05, 4.69) is 0 Å². The van der Waals surface area contributed by atoms with Gasteiger partial charge in [-0.25, -0.2) is 8.42 Å². The van der Waals surface area contributed by atoms with Gasteiger partial charge in [-0.05, 0) is 19.1 Å². The lowest BCUT2D eigenvalue weighted by Crippen LogP contribution is -2.50. The number of ether oxygens (including phenoxy) is 2. The van der Waals surface area contributed by atoms with Gasteiger partial charge in [0.1, 0.15) is 18.0 Å². The van der Waals surface area contributed by atoms with E-state index in [1.165, 1.54) is 4.31 Å². The average molecular weight is 315 g/mol. The third kappa shape index (κ3) is 4.41. The zero-order valence-electron chi connectivity index (χ0n) is 12.1. The van der Waals surface area contributed by atoms with Crippen LogP contribution in [0.25, 0.3) is 0 Å². The molecule has 6 nitrogen and oxygen atoms in total. The molecular formula is C14H21NO5S. The molecule has 0 aliphatic carbocycles. The molecule has 0 spiro atoms. The number of nitrogens with zero attached hydrogens (tertiary/aromatic N) is 1. The number of sulfonamides is 1. The van der Waals surface area contributed by atoms with Crippen molar-refractivity contribution >= 4 is 10.0 Å². The lowest BCUT2D eigenvalue weighted by atomic mass is 10.1. The monoisotopic (exact) mass is 315 g/mol. The van der Waals surface area contributed by atoms with Crippen molar-refractivity contribution in [1.29, 1.82) is 0 Å². The van der Waals surface area contributed by atoms with Gasteiger partial charge in [-0.1, -0.05) is 18.2 Å². The van der Waals surface area contributed by atoms with Crippen LogP contribution in [0.1, 0.15) is 6.92 Å². The van der Waals surface area contributed by atoms with Gasteiger partial charge >= 0.3 is 0 Å². The number of rotatable bonds is 5. The van der Waals surface area contributed by atoms with Gasteiger partial charge in [0.15, 0.2) is 0 Å². The average Bonchev–Trinajstić information content (AvgIpc) is 2.69. The van der Waals surface area contributed by atoms with Crippen LogP contribution in [0, 0.1) is 0 Å². The van der Waals surface area contributed by atoms with Crippen LogP contribution in [0.4, 0.5) is 0 Å². The molecule has 0 amide bonds. The Morgan fingerprint density at radius 2 is 2.10 bits per heavy atom. The number of benzene rings is 1. The Morgan fingerprint density at radius 3 is 2.76 bits per heavy atom. The van der Waals surface area contributed by atoms with Crippen molar-refractivity contribution in [1.82, 2.24) is 4.31 Å². The summed E-state index contributed by atoms with van der Waals surface area (Å²) in [6.07, 6.45) is 0. The Balaban J connectivity index is 2.05. The molecule has 1 aromatic rings. The molecule has 0 unspecified atom stereocenters. The minimum absolute atomic E-state index is 0.00260. The predicted molar refractivity (Wildman–Crippen MR) is 78.7 cm³/mol. The molecule has 1 atom stereocenters. The van der Waals surface area contributed by atoms with Gasteiger partial charge in [-0.3, -0.25) is 0 Å². The second kappa shape index (κ2) is 6.74. The van der Waals surface area contributed by atoms with Crippen LogP contribution in [0.15, 0.2) is 30.3 Å². The Kier molecular flexibility index (Phi) is 5.21. The quantitative estimate of drug-likeness (QED) is 0.855. The fourth-order valence-corrected chi connectivity index (χ4v) is 3.28. The van der Waals surface area contributed by atoms with Crippen LogP contribution in [0.5, 0.6) is 5.75 Å². The lowest BCUT2D eigenvalue weighted by Gasteiger charge is -2.29. The van der Waals surface area contributed by atoms with E-state index in [0.717, 1.165) is 0 Å². The Bertz CT molecular complexity index is 548. The molecule has 118 valence electrons.